The molecule has 0 atom stereocenters. The van der Waals surface area contributed by atoms with Crippen LogP contribution in [0.4, 0.5) is 13.2 Å². The van der Waals surface area contributed by atoms with Gasteiger partial charge in [0.15, 0.2) is 5.82 Å². The van der Waals surface area contributed by atoms with Crippen LogP contribution in [0.3, 0.4) is 0 Å². The number of carbonyl (C=O) groups is 1. The summed E-state index contributed by atoms with van der Waals surface area (Å²) in [6.07, 6.45) is -0.166. The molecule has 11 heteroatoms. The molecule has 7 nitrogen and oxygen atoms in total. The first-order chi connectivity index (χ1) is 13.7. The Bertz CT molecular complexity index is 1100. The number of fused-ring (bicyclic) bond motifs is 1. The Labute approximate surface area is 168 Å². The number of nitrogens with zero attached hydrogens (tertiary/aromatic N) is 6. The summed E-state index contributed by atoms with van der Waals surface area (Å²) in [5.41, 5.74) is 1.12. The molecule has 0 unspecified atom stereocenters. The van der Waals surface area contributed by atoms with Crippen molar-refractivity contribution in [3.63, 3.8) is 0 Å². The number of hydrogen-bond donors (Lipinski definition) is 0. The topological polar surface area (TPSA) is 76.8 Å². The third kappa shape index (κ3) is 3.80. The van der Waals surface area contributed by atoms with Crippen molar-refractivity contribution in [2.24, 2.45) is 0 Å². The van der Waals surface area contributed by atoms with Crippen LogP contribution in [0.25, 0.3) is 11.4 Å². The summed E-state index contributed by atoms with van der Waals surface area (Å²) in [5, 5.41) is 0.0719. The zero-order valence-corrected chi connectivity index (χ0v) is 15.9. The van der Waals surface area contributed by atoms with Gasteiger partial charge in [-0.15, -0.1) is 0 Å². The molecule has 3 aromatic heterocycles. The van der Waals surface area contributed by atoms with Crippen LogP contribution in [-0.4, -0.2) is 41.9 Å². The second-order valence-electron chi connectivity index (χ2n) is 6.59. The molecule has 0 fully saturated rings. The Morgan fingerprint density at radius 1 is 1.21 bits per heavy atom. The van der Waals surface area contributed by atoms with E-state index >= 15 is 0 Å². The molecule has 0 aliphatic carbocycles. The number of aromatic nitrogens is 5. The minimum atomic E-state index is -4.54. The van der Waals surface area contributed by atoms with E-state index in [1.54, 1.807) is 23.9 Å². The van der Waals surface area contributed by atoms with Crippen molar-refractivity contribution in [2.45, 2.75) is 26.2 Å². The van der Waals surface area contributed by atoms with Gasteiger partial charge in [0.25, 0.3) is 5.91 Å². The number of amides is 1. The fraction of sp³-hybridized carbons (Fsp3) is 0.278. The van der Waals surface area contributed by atoms with E-state index in [1.165, 1.54) is 11.0 Å². The van der Waals surface area contributed by atoms with Gasteiger partial charge in [-0.2, -0.15) is 13.2 Å². The van der Waals surface area contributed by atoms with Crippen LogP contribution in [0.5, 0.6) is 0 Å². The lowest BCUT2D eigenvalue weighted by Crippen LogP contribution is -2.39. The Balaban J connectivity index is 1.59. The van der Waals surface area contributed by atoms with Crippen molar-refractivity contribution in [1.29, 1.82) is 0 Å². The predicted octanol–water partition coefficient (Wildman–Crippen LogP) is 3.37. The van der Waals surface area contributed by atoms with Crippen LogP contribution in [-0.2, 0) is 19.3 Å². The standard InChI is InChI=1S/C18H14ClF3N6O/c1-10-7-24-17(19)26-14(10)12-9-27-4-5-28(16(29)15(27)25-12)8-11-2-3-23-13(6-11)18(20,21)22/h2-3,6-7,9H,4-5,8H2,1H3. The maximum Gasteiger partial charge on any atom is 0.433 e. The Morgan fingerprint density at radius 3 is 2.76 bits per heavy atom. The summed E-state index contributed by atoms with van der Waals surface area (Å²) >= 11 is 5.86. The summed E-state index contributed by atoms with van der Waals surface area (Å²) in [6, 6.07) is 2.41. The lowest BCUT2D eigenvalue weighted by Gasteiger charge is -2.27. The second-order valence-corrected chi connectivity index (χ2v) is 6.93. The van der Waals surface area contributed by atoms with Gasteiger partial charge in [0.05, 0.1) is 5.69 Å². The highest BCUT2D eigenvalue weighted by molar-refractivity contribution is 6.28. The zero-order chi connectivity index (χ0) is 20.8. The number of hydrogen-bond acceptors (Lipinski definition) is 5. The molecule has 1 aliphatic rings. The van der Waals surface area contributed by atoms with Crippen molar-refractivity contribution < 1.29 is 18.0 Å². The SMILES string of the molecule is Cc1cnc(Cl)nc1-c1cn2c(n1)C(=O)N(Cc1ccnc(C(F)(F)F)c1)CC2. The molecule has 0 radical (unpaired) electrons. The fourth-order valence-corrected chi connectivity index (χ4v) is 3.25. The summed E-state index contributed by atoms with van der Waals surface area (Å²) in [6.45, 7) is 2.64. The van der Waals surface area contributed by atoms with Crippen LogP contribution < -0.4 is 0 Å². The number of imidazole rings is 1. The van der Waals surface area contributed by atoms with Crippen LogP contribution in [0.1, 0.15) is 27.4 Å². The number of alkyl halides is 3. The molecule has 1 aliphatic heterocycles. The minimum Gasteiger partial charge on any atom is -0.330 e. The molecule has 4 rings (SSSR count). The van der Waals surface area contributed by atoms with Gasteiger partial charge >= 0.3 is 6.18 Å². The van der Waals surface area contributed by atoms with Gasteiger partial charge < -0.3 is 9.47 Å². The van der Waals surface area contributed by atoms with Gasteiger partial charge in [0, 0.05) is 38.2 Å². The molecular formula is C18H14ClF3N6O. The molecule has 0 N–H and O–H groups in total. The van der Waals surface area contributed by atoms with E-state index in [4.69, 9.17) is 11.6 Å². The second kappa shape index (κ2) is 7.11. The molecule has 0 bridgehead atoms. The van der Waals surface area contributed by atoms with Gasteiger partial charge in [0.2, 0.25) is 5.28 Å². The summed E-state index contributed by atoms with van der Waals surface area (Å²) in [4.78, 5) is 30.1. The van der Waals surface area contributed by atoms with Gasteiger partial charge in [-0.05, 0) is 41.8 Å². The normalized spacial score (nSPS) is 14.2. The number of rotatable bonds is 3. The van der Waals surface area contributed by atoms with E-state index in [9.17, 15) is 18.0 Å². The number of halogens is 4. The zero-order valence-electron chi connectivity index (χ0n) is 15.1. The highest BCUT2D eigenvalue weighted by Gasteiger charge is 2.33. The van der Waals surface area contributed by atoms with Gasteiger partial charge in [-0.25, -0.2) is 15.0 Å². The number of aryl methyl sites for hydroxylation is 1. The van der Waals surface area contributed by atoms with Crippen molar-refractivity contribution in [2.75, 3.05) is 6.54 Å². The third-order valence-corrected chi connectivity index (χ3v) is 4.72. The monoisotopic (exact) mass is 422 g/mol. The smallest absolute Gasteiger partial charge is 0.330 e. The maximum atomic E-state index is 12.9. The molecule has 0 aromatic carbocycles. The van der Waals surface area contributed by atoms with Crippen LogP contribution in [0.15, 0.2) is 30.7 Å². The van der Waals surface area contributed by atoms with E-state index in [0.717, 1.165) is 17.8 Å². The molecule has 4 heterocycles. The van der Waals surface area contributed by atoms with E-state index in [1.807, 2.05) is 0 Å². The Morgan fingerprint density at radius 2 is 2.00 bits per heavy atom. The number of pyridine rings is 1. The van der Waals surface area contributed by atoms with Gasteiger partial charge in [0.1, 0.15) is 11.4 Å². The molecule has 1 amide bonds. The van der Waals surface area contributed by atoms with Crippen molar-refractivity contribution in [3.05, 3.63) is 58.7 Å². The molecule has 29 heavy (non-hydrogen) atoms. The predicted molar refractivity (Wildman–Crippen MR) is 97.0 cm³/mol. The molecule has 3 aromatic rings. The highest BCUT2D eigenvalue weighted by Crippen LogP contribution is 2.28. The van der Waals surface area contributed by atoms with E-state index in [2.05, 4.69) is 19.9 Å². The highest BCUT2D eigenvalue weighted by atomic mass is 35.5. The first kappa shape index (κ1) is 19.3. The maximum absolute atomic E-state index is 12.9. The number of carbonyl (C=O) groups excluding carboxylic acids is 1. The molecule has 0 spiro atoms. The quantitative estimate of drug-likeness (QED) is 0.605. The van der Waals surface area contributed by atoms with E-state index < -0.39 is 11.9 Å². The van der Waals surface area contributed by atoms with Gasteiger partial charge in [-0.1, -0.05) is 0 Å². The molecule has 0 saturated heterocycles. The fourth-order valence-electron chi connectivity index (χ4n) is 3.12. The molecular weight excluding hydrogens is 409 g/mol. The van der Waals surface area contributed by atoms with Crippen LogP contribution in [0.2, 0.25) is 5.28 Å². The Kier molecular flexibility index (Phi) is 4.73. The average molecular weight is 423 g/mol. The minimum absolute atomic E-state index is 0.0327. The van der Waals surface area contributed by atoms with E-state index in [0.29, 0.717) is 30.0 Å². The van der Waals surface area contributed by atoms with Crippen molar-refractivity contribution >= 4 is 17.5 Å². The lowest BCUT2D eigenvalue weighted by atomic mass is 10.2. The van der Waals surface area contributed by atoms with Crippen molar-refractivity contribution in [1.82, 2.24) is 29.4 Å². The summed E-state index contributed by atoms with van der Waals surface area (Å²) in [7, 11) is 0. The summed E-state index contributed by atoms with van der Waals surface area (Å²) in [5.74, 6) is -0.170. The van der Waals surface area contributed by atoms with E-state index in [-0.39, 0.29) is 23.6 Å². The van der Waals surface area contributed by atoms with Gasteiger partial charge in [-0.3, -0.25) is 9.78 Å². The average Bonchev–Trinajstić information content (AvgIpc) is 3.10. The summed E-state index contributed by atoms with van der Waals surface area (Å²) < 4.78 is 40.3. The molecule has 150 valence electrons. The lowest BCUT2D eigenvalue weighted by molar-refractivity contribution is -0.141. The third-order valence-electron chi connectivity index (χ3n) is 4.54. The first-order valence-corrected chi connectivity index (χ1v) is 8.98. The Hall–Kier alpha value is -3.01. The van der Waals surface area contributed by atoms with Crippen LogP contribution in [0, 0.1) is 6.92 Å². The molecule has 0 saturated carbocycles. The largest absolute Gasteiger partial charge is 0.433 e. The van der Waals surface area contributed by atoms with Crippen LogP contribution >= 0.6 is 11.6 Å². The van der Waals surface area contributed by atoms with Crippen molar-refractivity contribution in [3.8, 4) is 11.4 Å². The first-order valence-electron chi connectivity index (χ1n) is 8.60.